The maximum Gasteiger partial charge on any atom is 0.321 e. The topological polar surface area (TPSA) is 82.3 Å². The van der Waals surface area contributed by atoms with Crippen molar-refractivity contribution in [3.63, 3.8) is 0 Å². The summed E-state index contributed by atoms with van der Waals surface area (Å²) >= 11 is 0. The molecule has 1 aliphatic heterocycles. The Morgan fingerprint density at radius 1 is 1.35 bits per heavy atom. The number of hydrogen-bond acceptors (Lipinski definition) is 4. The minimum Gasteiger partial charge on any atom is -0.379 e. The summed E-state index contributed by atoms with van der Waals surface area (Å²) < 4.78 is 5.37. The van der Waals surface area contributed by atoms with Crippen LogP contribution in [0, 0.1) is 0 Å². The zero-order valence-corrected chi connectivity index (χ0v) is 13.6. The number of ether oxygens (including phenoxy) is 1. The van der Waals surface area contributed by atoms with E-state index in [9.17, 15) is 4.79 Å². The minimum absolute atomic E-state index is 0.116. The number of hydrogen-bond donors (Lipinski definition) is 3. The van der Waals surface area contributed by atoms with E-state index in [1.807, 2.05) is 24.3 Å². The SMILES string of the molecule is CC(C)(CNC(=O)Nc1nc2ccccc2[nH]1)N1CCOCC1. The highest BCUT2D eigenvalue weighted by molar-refractivity contribution is 5.89. The van der Waals surface area contributed by atoms with Crippen LogP contribution < -0.4 is 10.6 Å². The van der Waals surface area contributed by atoms with E-state index in [4.69, 9.17) is 4.74 Å². The van der Waals surface area contributed by atoms with Crippen LogP contribution in [0.4, 0.5) is 10.7 Å². The molecule has 7 nitrogen and oxygen atoms in total. The Labute approximate surface area is 135 Å². The highest BCUT2D eigenvalue weighted by Gasteiger charge is 2.28. The predicted octanol–water partition coefficient (Wildman–Crippen LogP) is 1.80. The van der Waals surface area contributed by atoms with Crippen LogP contribution in [0.25, 0.3) is 11.0 Å². The van der Waals surface area contributed by atoms with E-state index < -0.39 is 0 Å². The zero-order chi connectivity index (χ0) is 16.3. The molecule has 23 heavy (non-hydrogen) atoms. The number of para-hydroxylation sites is 2. The maximum atomic E-state index is 12.1. The van der Waals surface area contributed by atoms with E-state index in [0.29, 0.717) is 12.5 Å². The third-order valence-electron chi connectivity index (χ3n) is 4.17. The quantitative estimate of drug-likeness (QED) is 0.803. The van der Waals surface area contributed by atoms with Gasteiger partial charge in [0.15, 0.2) is 0 Å². The van der Waals surface area contributed by atoms with Crippen molar-refractivity contribution in [2.45, 2.75) is 19.4 Å². The summed E-state index contributed by atoms with van der Waals surface area (Å²) in [6, 6.07) is 7.40. The molecular formula is C16H23N5O2. The van der Waals surface area contributed by atoms with Crippen molar-refractivity contribution in [3.8, 4) is 0 Å². The molecule has 1 saturated heterocycles. The molecule has 0 radical (unpaired) electrons. The molecule has 2 aromatic rings. The van der Waals surface area contributed by atoms with E-state index in [-0.39, 0.29) is 11.6 Å². The molecule has 0 aliphatic carbocycles. The van der Waals surface area contributed by atoms with Crippen LogP contribution in [0.5, 0.6) is 0 Å². The molecule has 1 aromatic heterocycles. The summed E-state index contributed by atoms with van der Waals surface area (Å²) in [6.07, 6.45) is 0. The Bertz CT molecular complexity index is 643. The standard InChI is InChI=1S/C16H23N5O2/c1-16(2,21-7-9-23-10-8-21)11-17-15(22)20-14-18-12-5-3-4-6-13(12)19-14/h3-6H,7-11H2,1-2H3,(H3,17,18,19,20,22). The van der Waals surface area contributed by atoms with Gasteiger partial charge in [0, 0.05) is 25.2 Å². The second kappa shape index (κ2) is 6.55. The van der Waals surface area contributed by atoms with Crippen molar-refractivity contribution in [1.82, 2.24) is 20.2 Å². The molecule has 2 heterocycles. The maximum absolute atomic E-state index is 12.1. The number of anilines is 1. The number of H-pyrrole nitrogens is 1. The summed E-state index contributed by atoms with van der Waals surface area (Å²) in [5, 5.41) is 5.67. The van der Waals surface area contributed by atoms with E-state index >= 15 is 0 Å². The highest BCUT2D eigenvalue weighted by atomic mass is 16.5. The number of amides is 2. The molecule has 0 atom stereocenters. The first-order chi connectivity index (χ1) is 11.0. The van der Waals surface area contributed by atoms with Crippen LogP contribution in [-0.4, -0.2) is 59.3 Å². The monoisotopic (exact) mass is 317 g/mol. The van der Waals surface area contributed by atoms with Crippen molar-refractivity contribution >= 4 is 23.0 Å². The molecule has 1 aromatic carbocycles. The fourth-order valence-electron chi connectivity index (χ4n) is 2.74. The van der Waals surface area contributed by atoms with Gasteiger partial charge in [0.25, 0.3) is 0 Å². The van der Waals surface area contributed by atoms with Gasteiger partial charge in [0.2, 0.25) is 5.95 Å². The van der Waals surface area contributed by atoms with Gasteiger partial charge in [0.05, 0.1) is 24.2 Å². The Balaban J connectivity index is 1.54. The molecule has 3 N–H and O–H groups in total. The van der Waals surface area contributed by atoms with E-state index in [2.05, 4.69) is 39.3 Å². The summed E-state index contributed by atoms with van der Waals surface area (Å²) in [5.41, 5.74) is 1.61. The van der Waals surface area contributed by atoms with Gasteiger partial charge >= 0.3 is 6.03 Å². The van der Waals surface area contributed by atoms with Crippen molar-refractivity contribution in [3.05, 3.63) is 24.3 Å². The van der Waals surface area contributed by atoms with Crippen molar-refractivity contribution in [2.75, 3.05) is 38.2 Å². The van der Waals surface area contributed by atoms with E-state index in [1.54, 1.807) is 0 Å². The molecule has 7 heteroatoms. The number of morpholine rings is 1. The minimum atomic E-state index is -0.259. The van der Waals surface area contributed by atoms with Crippen molar-refractivity contribution in [2.24, 2.45) is 0 Å². The van der Waals surface area contributed by atoms with Gasteiger partial charge in [-0.15, -0.1) is 0 Å². The van der Waals surface area contributed by atoms with Gasteiger partial charge in [-0.3, -0.25) is 10.2 Å². The van der Waals surface area contributed by atoms with Crippen LogP contribution in [-0.2, 0) is 4.74 Å². The number of nitrogens with one attached hydrogen (secondary N) is 3. The summed E-state index contributed by atoms with van der Waals surface area (Å²) in [6.45, 7) is 8.07. The molecule has 0 bridgehead atoms. The lowest BCUT2D eigenvalue weighted by molar-refractivity contribution is -0.00863. The molecular weight excluding hydrogens is 294 g/mol. The first-order valence-corrected chi connectivity index (χ1v) is 7.87. The number of urea groups is 1. The molecule has 2 amide bonds. The number of nitrogens with zero attached hydrogens (tertiary/aromatic N) is 2. The van der Waals surface area contributed by atoms with Gasteiger partial charge in [-0.2, -0.15) is 0 Å². The van der Waals surface area contributed by atoms with Gasteiger partial charge in [0.1, 0.15) is 0 Å². The normalized spacial score (nSPS) is 16.4. The Morgan fingerprint density at radius 2 is 2.09 bits per heavy atom. The third-order valence-corrected chi connectivity index (χ3v) is 4.17. The molecule has 124 valence electrons. The Hall–Kier alpha value is -2.12. The Kier molecular flexibility index (Phi) is 4.49. The molecule has 0 saturated carbocycles. The van der Waals surface area contributed by atoms with E-state index in [0.717, 1.165) is 37.3 Å². The molecule has 1 fully saturated rings. The summed E-state index contributed by atoms with van der Waals surface area (Å²) in [4.78, 5) is 21.8. The first-order valence-electron chi connectivity index (χ1n) is 7.87. The predicted molar refractivity (Wildman–Crippen MR) is 89.6 cm³/mol. The number of carbonyl (C=O) groups is 1. The average molecular weight is 317 g/mol. The number of benzene rings is 1. The second-order valence-electron chi connectivity index (χ2n) is 6.32. The molecule has 3 rings (SSSR count). The second-order valence-corrected chi connectivity index (χ2v) is 6.32. The van der Waals surface area contributed by atoms with Crippen LogP contribution in [0.15, 0.2) is 24.3 Å². The lowest BCUT2D eigenvalue weighted by Crippen LogP contribution is -2.55. The van der Waals surface area contributed by atoms with Crippen LogP contribution in [0.3, 0.4) is 0 Å². The van der Waals surface area contributed by atoms with Crippen LogP contribution in [0.2, 0.25) is 0 Å². The molecule has 1 aliphatic rings. The largest absolute Gasteiger partial charge is 0.379 e. The van der Waals surface area contributed by atoms with Crippen molar-refractivity contribution in [1.29, 1.82) is 0 Å². The molecule has 0 spiro atoms. The fourth-order valence-corrected chi connectivity index (χ4v) is 2.74. The first kappa shape index (κ1) is 15.8. The van der Waals surface area contributed by atoms with Crippen molar-refractivity contribution < 1.29 is 9.53 Å². The lowest BCUT2D eigenvalue weighted by atomic mass is 10.0. The molecule has 0 unspecified atom stereocenters. The Morgan fingerprint density at radius 3 is 2.83 bits per heavy atom. The lowest BCUT2D eigenvalue weighted by Gasteiger charge is -2.40. The highest BCUT2D eigenvalue weighted by Crippen LogP contribution is 2.16. The summed E-state index contributed by atoms with van der Waals surface area (Å²) in [7, 11) is 0. The van der Waals surface area contributed by atoms with Gasteiger partial charge in [-0.1, -0.05) is 12.1 Å². The van der Waals surface area contributed by atoms with Gasteiger partial charge in [-0.05, 0) is 26.0 Å². The van der Waals surface area contributed by atoms with Crippen LogP contribution in [0.1, 0.15) is 13.8 Å². The van der Waals surface area contributed by atoms with Crippen LogP contribution >= 0.6 is 0 Å². The van der Waals surface area contributed by atoms with Gasteiger partial charge in [-0.25, -0.2) is 9.78 Å². The number of carbonyl (C=O) groups excluding carboxylic acids is 1. The number of imidazole rings is 1. The van der Waals surface area contributed by atoms with Gasteiger partial charge < -0.3 is 15.0 Å². The number of aromatic amines is 1. The number of fused-ring (bicyclic) bond motifs is 1. The fraction of sp³-hybridized carbons (Fsp3) is 0.500. The number of rotatable bonds is 4. The summed E-state index contributed by atoms with van der Waals surface area (Å²) in [5.74, 6) is 0.452. The average Bonchev–Trinajstić information content (AvgIpc) is 2.96. The number of aromatic nitrogens is 2. The van der Waals surface area contributed by atoms with E-state index in [1.165, 1.54) is 0 Å². The smallest absolute Gasteiger partial charge is 0.321 e. The third kappa shape index (κ3) is 3.80. The zero-order valence-electron chi connectivity index (χ0n) is 13.6.